The van der Waals surface area contributed by atoms with Crippen molar-refractivity contribution in [1.82, 2.24) is 4.90 Å². The van der Waals surface area contributed by atoms with E-state index in [0.717, 1.165) is 24.6 Å². The number of ether oxygens (including phenoxy) is 1. The summed E-state index contributed by atoms with van der Waals surface area (Å²) in [4.78, 5) is 16.8. The fraction of sp³-hybridized carbons (Fsp3) is 0.480. The highest BCUT2D eigenvalue weighted by Gasteiger charge is 2.29. The number of anilines is 1. The largest absolute Gasteiger partial charge is 0.378 e. The van der Waals surface area contributed by atoms with Crippen LogP contribution in [0.3, 0.4) is 0 Å². The van der Waals surface area contributed by atoms with E-state index in [2.05, 4.69) is 42.5 Å². The molecule has 0 bridgehead atoms. The Morgan fingerprint density at radius 1 is 0.862 bits per heavy atom. The van der Waals surface area contributed by atoms with E-state index in [0.29, 0.717) is 26.3 Å². The highest BCUT2D eigenvalue weighted by Crippen LogP contribution is 2.36. The topological polar surface area (TPSA) is 32.8 Å². The summed E-state index contributed by atoms with van der Waals surface area (Å²) >= 11 is 0. The number of fused-ring (bicyclic) bond motifs is 1. The number of carbonyl (C=O) groups excluding carboxylic acids is 1. The zero-order valence-electron chi connectivity index (χ0n) is 17.1. The Balaban J connectivity index is 1.32. The summed E-state index contributed by atoms with van der Waals surface area (Å²) in [5.74, 6) is 0.748. The van der Waals surface area contributed by atoms with Crippen molar-refractivity contribution in [3.05, 3.63) is 53.6 Å². The van der Waals surface area contributed by atoms with Gasteiger partial charge in [0.15, 0.2) is 0 Å². The molecule has 2 aliphatic heterocycles. The van der Waals surface area contributed by atoms with Crippen molar-refractivity contribution in [2.75, 3.05) is 37.7 Å². The van der Waals surface area contributed by atoms with Crippen LogP contribution in [0.4, 0.5) is 10.5 Å². The SMILES string of the molecule is O=C(N1CCOCC1)N1CCc2cc(-c3ccc(C4CCCCC4)cc3)ccc21. The van der Waals surface area contributed by atoms with Gasteiger partial charge < -0.3 is 9.64 Å². The van der Waals surface area contributed by atoms with Crippen molar-refractivity contribution in [2.24, 2.45) is 0 Å². The number of hydrogen-bond donors (Lipinski definition) is 0. The van der Waals surface area contributed by atoms with Gasteiger partial charge in [0.25, 0.3) is 0 Å². The van der Waals surface area contributed by atoms with Gasteiger partial charge in [-0.15, -0.1) is 0 Å². The predicted molar refractivity (Wildman–Crippen MR) is 117 cm³/mol. The van der Waals surface area contributed by atoms with E-state index in [1.54, 1.807) is 0 Å². The van der Waals surface area contributed by atoms with Gasteiger partial charge >= 0.3 is 6.03 Å². The zero-order chi connectivity index (χ0) is 19.6. The van der Waals surface area contributed by atoms with E-state index in [-0.39, 0.29) is 6.03 Å². The van der Waals surface area contributed by atoms with Gasteiger partial charge in [0.1, 0.15) is 0 Å². The lowest BCUT2D eigenvalue weighted by Crippen LogP contribution is -2.47. The molecule has 2 aromatic carbocycles. The maximum atomic E-state index is 12.9. The number of benzene rings is 2. The fourth-order valence-corrected chi connectivity index (χ4v) is 5.09. The molecule has 4 nitrogen and oxygen atoms in total. The molecule has 0 unspecified atom stereocenters. The molecule has 0 N–H and O–H groups in total. The summed E-state index contributed by atoms with van der Waals surface area (Å²) in [5, 5.41) is 0. The molecule has 0 radical (unpaired) electrons. The quantitative estimate of drug-likeness (QED) is 0.705. The lowest BCUT2D eigenvalue weighted by molar-refractivity contribution is 0.0550. The van der Waals surface area contributed by atoms with Gasteiger partial charge in [-0.2, -0.15) is 0 Å². The van der Waals surface area contributed by atoms with Gasteiger partial charge in [0.05, 0.1) is 13.2 Å². The number of amides is 2. The zero-order valence-corrected chi connectivity index (χ0v) is 17.1. The maximum Gasteiger partial charge on any atom is 0.324 e. The lowest BCUT2D eigenvalue weighted by atomic mass is 9.83. The monoisotopic (exact) mass is 390 g/mol. The molecule has 29 heavy (non-hydrogen) atoms. The first-order valence-electron chi connectivity index (χ1n) is 11.2. The smallest absolute Gasteiger partial charge is 0.324 e. The molecule has 152 valence electrons. The molecule has 0 atom stereocenters. The molecule has 5 rings (SSSR count). The van der Waals surface area contributed by atoms with Crippen LogP contribution in [0, 0.1) is 0 Å². The summed E-state index contributed by atoms with van der Waals surface area (Å²) < 4.78 is 5.38. The van der Waals surface area contributed by atoms with Crippen molar-refractivity contribution in [3.63, 3.8) is 0 Å². The second kappa shape index (κ2) is 8.19. The van der Waals surface area contributed by atoms with Crippen LogP contribution >= 0.6 is 0 Å². The van der Waals surface area contributed by atoms with Crippen LogP contribution in [0.2, 0.25) is 0 Å². The van der Waals surface area contributed by atoms with Crippen LogP contribution in [-0.2, 0) is 11.2 Å². The molecule has 2 aromatic rings. The first kappa shape index (κ1) is 18.7. The Kier molecular flexibility index (Phi) is 5.28. The minimum Gasteiger partial charge on any atom is -0.378 e. The van der Waals surface area contributed by atoms with E-state index in [9.17, 15) is 4.79 Å². The highest BCUT2D eigenvalue weighted by molar-refractivity contribution is 5.94. The minimum atomic E-state index is 0.122. The number of nitrogens with zero attached hydrogens (tertiary/aromatic N) is 2. The summed E-state index contributed by atoms with van der Waals surface area (Å²) in [6.45, 7) is 3.44. The molecule has 2 fully saturated rings. The average molecular weight is 391 g/mol. The number of rotatable bonds is 2. The van der Waals surface area contributed by atoms with Crippen molar-refractivity contribution in [1.29, 1.82) is 0 Å². The molecule has 4 heteroatoms. The Hall–Kier alpha value is -2.33. The summed E-state index contributed by atoms with van der Waals surface area (Å²) in [6.07, 6.45) is 7.75. The van der Waals surface area contributed by atoms with E-state index in [1.807, 2.05) is 9.80 Å². The number of urea groups is 1. The Labute approximate surface area is 173 Å². The Morgan fingerprint density at radius 3 is 2.34 bits per heavy atom. The molecule has 1 aliphatic carbocycles. The van der Waals surface area contributed by atoms with E-state index < -0.39 is 0 Å². The van der Waals surface area contributed by atoms with Crippen LogP contribution in [0.5, 0.6) is 0 Å². The Bertz CT molecular complexity index is 865. The third-order valence-corrected chi connectivity index (χ3v) is 6.81. The molecule has 0 aromatic heterocycles. The van der Waals surface area contributed by atoms with Gasteiger partial charge in [-0.3, -0.25) is 4.90 Å². The van der Waals surface area contributed by atoms with Crippen molar-refractivity contribution < 1.29 is 9.53 Å². The second-order valence-corrected chi connectivity index (χ2v) is 8.58. The second-order valence-electron chi connectivity index (χ2n) is 8.58. The lowest BCUT2D eigenvalue weighted by Gasteiger charge is -2.31. The molecule has 0 spiro atoms. The summed E-state index contributed by atoms with van der Waals surface area (Å²) in [6, 6.07) is 15.9. The summed E-state index contributed by atoms with van der Waals surface area (Å²) in [7, 11) is 0. The maximum absolute atomic E-state index is 12.9. The number of morpholine rings is 1. The fourth-order valence-electron chi connectivity index (χ4n) is 5.09. The standard InChI is InChI=1S/C25H30N2O2/c28-25(26-14-16-29-17-15-26)27-13-12-23-18-22(10-11-24(23)27)21-8-6-20(7-9-21)19-4-2-1-3-5-19/h6-11,18-19H,1-5,12-17H2. The van der Waals surface area contributed by atoms with E-state index in [1.165, 1.54) is 54.4 Å². The molecular weight excluding hydrogens is 360 g/mol. The van der Waals surface area contributed by atoms with Crippen LogP contribution < -0.4 is 4.90 Å². The van der Waals surface area contributed by atoms with E-state index in [4.69, 9.17) is 4.74 Å². The van der Waals surface area contributed by atoms with Crippen molar-refractivity contribution >= 4 is 11.7 Å². The molecule has 2 heterocycles. The average Bonchev–Trinajstić information content (AvgIpc) is 3.23. The van der Waals surface area contributed by atoms with Gasteiger partial charge in [-0.05, 0) is 59.6 Å². The summed E-state index contributed by atoms with van der Waals surface area (Å²) in [5.41, 5.74) is 6.37. The molecule has 3 aliphatic rings. The minimum absolute atomic E-state index is 0.122. The van der Waals surface area contributed by atoms with Crippen LogP contribution in [0.1, 0.15) is 49.1 Å². The normalized spacial score (nSPS) is 20.0. The van der Waals surface area contributed by atoms with Crippen molar-refractivity contribution in [3.8, 4) is 11.1 Å². The predicted octanol–water partition coefficient (Wildman–Crippen LogP) is 5.22. The van der Waals surface area contributed by atoms with E-state index >= 15 is 0 Å². The molecular formula is C25H30N2O2. The van der Waals surface area contributed by atoms with Crippen LogP contribution in [0.15, 0.2) is 42.5 Å². The Morgan fingerprint density at radius 2 is 1.59 bits per heavy atom. The highest BCUT2D eigenvalue weighted by atomic mass is 16.5. The van der Waals surface area contributed by atoms with Crippen LogP contribution in [0.25, 0.3) is 11.1 Å². The van der Waals surface area contributed by atoms with Crippen LogP contribution in [-0.4, -0.2) is 43.8 Å². The molecule has 2 amide bonds. The van der Waals surface area contributed by atoms with Crippen molar-refractivity contribution in [2.45, 2.75) is 44.4 Å². The molecule has 1 saturated heterocycles. The van der Waals surface area contributed by atoms with Gasteiger partial charge in [-0.25, -0.2) is 4.79 Å². The van der Waals surface area contributed by atoms with Gasteiger partial charge in [0.2, 0.25) is 0 Å². The molecule has 1 saturated carbocycles. The number of carbonyl (C=O) groups is 1. The first-order valence-corrected chi connectivity index (χ1v) is 11.2. The van der Waals surface area contributed by atoms with Gasteiger partial charge in [0, 0.05) is 25.3 Å². The number of hydrogen-bond acceptors (Lipinski definition) is 2. The third-order valence-electron chi connectivity index (χ3n) is 6.81. The third kappa shape index (κ3) is 3.78. The first-order chi connectivity index (χ1) is 14.3. The van der Waals surface area contributed by atoms with Gasteiger partial charge in [-0.1, -0.05) is 49.6 Å².